The Bertz CT molecular complexity index is 755. The summed E-state index contributed by atoms with van der Waals surface area (Å²) in [5, 5.41) is 14.6. The molecule has 0 aliphatic carbocycles. The van der Waals surface area contributed by atoms with Gasteiger partial charge in [-0.1, -0.05) is 30.3 Å². The van der Waals surface area contributed by atoms with Gasteiger partial charge in [0.15, 0.2) is 0 Å². The fourth-order valence-corrected chi connectivity index (χ4v) is 4.50. The number of hydrogen-bond donors (Lipinski definition) is 1. The third-order valence-electron chi connectivity index (χ3n) is 6.02. The highest BCUT2D eigenvalue weighted by Gasteiger charge is 2.44. The van der Waals surface area contributed by atoms with E-state index in [4.69, 9.17) is 4.74 Å². The van der Waals surface area contributed by atoms with Crippen LogP contribution in [0.4, 0.5) is 0 Å². The molecule has 2 atom stereocenters. The van der Waals surface area contributed by atoms with Gasteiger partial charge in [0, 0.05) is 51.3 Å². The molecular formula is C22H29N3O3. The molecule has 2 aliphatic heterocycles. The number of rotatable bonds is 5. The number of likely N-dealkylation sites (tertiary alicyclic amines) is 1. The molecule has 6 nitrogen and oxygen atoms in total. The van der Waals surface area contributed by atoms with Gasteiger partial charge in [0.2, 0.25) is 5.91 Å². The molecule has 1 aromatic carbocycles. The van der Waals surface area contributed by atoms with Crippen molar-refractivity contribution in [2.45, 2.75) is 62.9 Å². The highest BCUT2D eigenvalue weighted by atomic mass is 16.5. The van der Waals surface area contributed by atoms with E-state index in [9.17, 15) is 9.90 Å². The third kappa shape index (κ3) is 4.45. The summed E-state index contributed by atoms with van der Waals surface area (Å²) in [4.78, 5) is 14.5. The molecule has 4 rings (SSSR count). The summed E-state index contributed by atoms with van der Waals surface area (Å²) in [7, 11) is 0. The van der Waals surface area contributed by atoms with Gasteiger partial charge in [-0.15, -0.1) is 0 Å². The maximum absolute atomic E-state index is 12.6. The van der Waals surface area contributed by atoms with Crippen LogP contribution in [0, 0.1) is 0 Å². The minimum atomic E-state index is -0.352. The maximum atomic E-state index is 12.6. The van der Waals surface area contributed by atoms with Gasteiger partial charge in [-0.3, -0.25) is 9.48 Å². The van der Waals surface area contributed by atoms with Crippen molar-refractivity contribution in [2.24, 2.45) is 0 Å². The van der Waals surface area contributed by atoms with Crippen LogP contribution in [0.25, 0.3) is 0 Å². The fraction of sp³-hybridized carbons (Fsp3) is 0.545. The Balaban J connectivity index is 1.30. The molecule has 28 heavy (non-hydrogen) atoms. The van der Waals surface area contributed by atoms with Crippen LogP contribution in [0.3, 0.4) is 0 Å². The average Bonchev–Trinajstić information content (AvgIpc) is 3.22. The maximum Gasteiger partial charge on any atom is 0.222 e. The number of aromatic nitrogens is 2. The second-order valence-corrected chi connectivity index (χ2v) is 8.05. The van der Waals surface area contributed by atoms with Crippen LogP contribution in [-0.4, -0.2) is 50.5 Å². The Kier molecular flexibility index (Phi) is 5.78. The first-order valence-electron chi connectivity index (χ1n) is 10.3. The van der Waals surface area contributed by atoms with E-state index in [0.29, 0.717) is 32.4 Å². The minimum absolute atomic E-state index is 0.0683. The summed E-state index contributed by atoms with van der Waals surface area (Å²) < 4.78 is 8.38. The summed E-state index contributed by atoms with van der Waals surface area (Å²) in [5.74, 6) is 0.206. The number of amides is 1. The quantitative estimate of drug-likeness (QED) is 0.862. The highest BCUT2D eigenvalue weighted by molar-refractivity contribution is 5.76. The molecule has 0 bridgehead atoms. The van der Waals surface area contributed by atoms with Crippen LogP contribution in [0.15, 0.2) is 48.8 Å². The van der Waals surface area contributed by atoms with Crippen LogP contribution in [-0.2, 0) is 16.1 Å². The zero-order valence-corrected chi connectivity index (χ0v) is 16.2. The second kappa shape index (κ2) is 8.45. The number of carbonyl (C=O) groups excluding carboxylic acids is 1. The van der Waals surface area contributed by atoms with Gasteiger partial charge in [-0.05, 0) is 30.9 Å². The molecule has 0 saturated carbocycles. The molecule has 0 unspecified atom stereocenters. The Labute approximate surface area is 166 Å². The summed E-state index contributed by atoms with van der Waals surface area (Å²) in [6.45, 7) is 2.17. The molecule has 2 fully saturated rings. The summed E-state index contributed by atoms with van der Waals surface area (Å²) >= 11 is 0. The Morgan fingerprint density at radius 1 is 1.21 bits per heavy atom. The normalized spacial score (nSPS) is 24.4. The van der Waals surface area contributed by atoms with Crippen LogP contribution in [0.2, 0.25) is 0 Å². The number of aliphatic hydroxyl groups is 1. The van der Waals surface area contributed by atoms with Crippen molar-refractivity contribution in [3.8, 4) is 0 Å². The predicted octanol–water partition coefficient (Wildman–Crippen LogP) is 2.94. The molecule has 3 heterocycles. The third-order valence-corrected chi connectivity index (χ3v) is 6.02. The van der Waals surface area contributed by atoms with Crippen molar-refractivity contribution in [3.63, 3.8) is 0 Å². The van der Waals surface area contributed by atoms with E-state index in [-0.39, 0.29) is 23.7 Å². The van der Waals surface area contributed by atoms with Gasteiger partial charge in [0.1, 0.15) is 0 Å². The lowest BCUT2D eigenvalue weighted by molar-refractivity contribution is -0.185. The van der Waals surface area contributed by atoms with Gasteiger partial charge < -0.3 is 14.7 Å². The molecule has 6 heteroatoms. The van der Waals surface area contributed by atoms with Gasteiger partial charge in [-0.2, -0.15) is 5.10 Å². The standard InChI is InChI=1S/C22H29N3O3/c26-19-16-20(18-6-2-1-3-7-18)28-22(17-19)9-14-24(15-10-22)21(27)8-4-12-25-13-5-11-23-25/h1-3,5-7,11,13,19-20,26H,4,8-10,12,14-17H2/t19-,20-/m1/s1. The first-order chi connectivity index (χ1) is 13.6. The molecule has 1 spiro atoms. The number of piperidine rings is 1. The zero-order valence-electron chi connectivity index (χ0n) is 16.2. The molecule has 2 aliphatic rings. The van der Waals surface area contributed by atoms with Crippen molar-refractivity contribution in [2.75, 3.05) is 13.1 Å². The monoisotopic (exact) mass is 383 g/mol. The zero-order chi connectivity index (χ0) is 19.4. The SMILES string of the molecule is O=C(CCCn1cccn1)N1CCC2(CC1)C[C@H](O)C[C@H](c1ccccc1)O2. The molecule has 1 aromatic heterocycles. The van der Waals surface area contributed by atoms with Crippen molar-refractivity contribution in [3.05, 3.63) is 54.4 Å². The van der Waals surface area contributed by atoms with Gasteiger partial charge in [0.25, 0.3) is 0 Å². The van der Waals surface area contributed by atoms with Crippen molar-refractivity contribution < 1.29 is 14.6 Å². The molecule has 1 N–H and O–H groups in total. The summed E-state index contributed by atoms with van der Waals surface area (Å²) in [6.07, 6.45) is 7.49. The molecule has 150 valence electrons. The van der Waals surface area contributed by atoms with E-state index in [1.807, 2.05) is 40.0 Å². The van der Waals surface area contributed by atoms with Crippen LogP contribution < -0.4 is 0 Å². The molecule has 2 aromatic rings. The number of benzene rings is 1. The van der Waals surface area contributed by atoms with E-state index < -0.39 is 0 Å². The van der Waals surface area contributed by atoms with E-state index in [0.717, 1.165) is 31.4 Å². The lowest BCUT2D eigenvalue weighted by Crippen LogP contribution is -2.52. The Morgan fingerprint density at radius 3 is 2.71 bits per heavy atom. The predicted molar refractivity (Wildman–Crippen MR) is 106 cm³/mol. The molecule has 1 amide bonds. The van der Waals surface area contributed by atoms with Gasteiger partial charge >= 0.3 is 0 Å². The van der Waals surface area contributed by atoms with Crippen LogP contribution in [0.5, 0.6) is 0 Å². The number of nitrogens with zero attached hydrogens (tertiary/aromatic N) is 3. The molecule has 2 saturated heterocycles. The van der Waals surface area contributed by atoms with Gasteiger partial charge in [-0.25, -0.2) is 0 Å². The van der Waals surface area contributed by atoms with E-state index >= 15 is 0 Å². The highest BCUT2D eigenvalue weighted by Crippen LogP contribution is 2.43. The number of aryl methyl sites for hydroxylation is 1. The van der Waals surface area contributed by atoms with Crippen LogP contribution >= 0.6 is 0 Å². The van der Waals surface area contributed by atoms with Gasteiger partial charge in [0.05, 0.1) is 17.8 Å². The average molecular weight is 383 g/mol. The number of hydrogen-bond acceptors (Lipinski definition) is 4. The van der Waals surface area contributed by atoms with Crippen LogP contribution in [0.1, 0.15) is 50.2 Å². The van der Waals surface area contributed by atoms with E-state index in [1.54, 1.807) is 6.20 Å². The summed E-state index contributed by atoms with van der Waals surface area (Å²) in [6, 6.07) is 12.0. The lowest BCUT2D eigenvalue weighted by atomic mass is 9.81. The van der Waals surface area contributed by atoms with E-state index in [1.165, 1.54) is 0 Å². The lowest BCUT2D eigenvalue weighted by Gasteiger charge is -2.48. The van der Waals surface area contributed by atoms with Crippen molar-refractivity contribution in [1.82, 2.24) is 14.7 Å². The summed E-state index contributed by atoms with van der Waals surface area (Å²) in [5.41, 5.74) is 0.807. The topological polar surface area (TPSA) is 67.6 Å². The second-order valence-electron chi connectivity index (χ2n) is 8.05. The Morgan fingerprint density at radius 2 is 2.00 bits per heavy atom. The van der Waals surface area contributed by atoms with E-state index in [2.05, 4.69) is 17.2 Å². The molecular weight excluding hydrogens is 354 g/mol. The Hall–Kier alpha value is -2.18. The number of aliphatic hydroxyl groups excluding tert-OH is 1. The largest absolute Gasteiger partial charge is 0.393 e. The first-order valence-corrected chi connectivity index (χ1v) is 10.3. The van der Waals surface area contributed by atoms with Crippen molar-refractivity contribution in [1.29, 1.82) is 0 Å². The molecule has 0 radical (unpaired) electrons. The van der Waals surface area contributed by atoms with Crippen molar-refractivity contribution >= 4 is 5.91 Å². The minimum Gasteiger partial charge on any atom is -0.393 e. The smallest absolute Gasteiger partial charge is 0.222 e. The first kappa shape index (κ1) is 19.2. The number of carbonyl (C=O) groups is 1. The fourth-order valence-electron chi connectivity index (χ4n) is 4.50. The number of ether oxygens (including phenoxy) is 1.